The number of hydrogen-bond acceptors (Lipinski definition) is 7. The van der Waals surface area contributed by atoms with Crippen molar-refractivity contribution in [3.05, 3.63) is 35.6 Å². The highest BCUT2D eigenvalue weighted by molar-refractivity contribution is 5.57. The maximum atomic E-state index is 13.3. The molecule has 1 heterocycles. The van der Waals surface area contributed by atoms with Gasteiger partial charge in [0.25, 0.3) is 0 Å². The molecule has 1 saturated heterocycles. The molecule has 0 aromatic heterocycles. The van der Waals surface area contributed by atoms with E-state index in [4.69, 9.17) is 11.0 Å². The second-order valence-electron chi connectivity index (χ2n) is 9.54. The van der Waals surface area contributed by atoms with Gasteiger partial charge in [0.05, 0.1) is 18.2 Å². The summed E-state index contributed by atoms with van der Waals surface area (Å²) in [7, 11) is 2.04. The molecule has 1 aromatic carbocycles. The number of rotatable bonds is 8. The Morgan fingerprint density at radius 3 is 2.55 bits per heavy atom. The first-order chi connectivity index (χ1) is 15.6. The monoisotopic (exact) mass is 461 g/mol. The summed E-state index contributed by atoms with van der Waals surface area (Å²) in [5, 5.41) is 19.1. The Kier molecular flexibility index (Phi) is 10.4. The molecule has 0 radical (unpaired) electrons. The molecule has 1 aliphatic carbocycles. The summed E-state index contributed by atoms with van der Waals surface area (Å²) in [5.74, 6) is 1.28. The fraction of sp³-hybridized carbons (Fsp3) is 0.680. The van der Waals surface area contributed by atoms with E-state index in [1.165, 1.54) is 12.1 Å². The van der Waals surface area contributed by atoms with Crippen molar-refractivity contribution < 1.29 is 14.3 Å². The van der Waals surface area contributed by atoms with Gasteiger partial charge in [-0.25, -0.2) is 4.39 Å². The van der Waals surface area contributed by atoms with Gasteiger partial charge in [0.15, 0.2) is 0 Å². The zero-order valence-corrected chi connectivity index (χ0v) is 20.6. The van der Waals surface area contributed by atoms with Crippen LogP contribution in [0.25, 0.3) is 0 Å². The Hall–Kier alpha value is -1.89. The molecule has 3 rings (SSSR count). The Balaban J connectivity index is 0.000000294. The van der Waals surface area contributed by atoms with Crippen LogP contribution >= 0.6 is 0 Å². The molecular weight excluding hydrogens is 421 g/mol. The van der Waals surface area contributed by atoms with E-state index < -0.39 is 12.3 Å². The van der Waals surface area contributed by atoms with E-state index in [9.17, 15) is 14.3 Å². The van der Waals surface area contributed by atoms with Gasteiger partial charge in [0.1, 0.15) is 18.3 Å². The molecule has 7 nitrogen and oxygen atoms in total. The van der Waals surface area contributed by atoms with E-state index in [1.807, 2.05) is 29.8 Å². The molecule has 0 amide bonds. The quantitative estimate of drug-likeness (QED) is 0.572. The zero-order chi connectivity index (χ0) is 24.7. The smallest absolute Gasteiger partial charge is 0.137 e. The predicted octanol–water partition coefficient (Wildman–Crippen LogP) is 2.05. The van der Waals surface area contributed by atoms with Gasteiger partial charge in [-0.2, -0.15) is 5.26 Å². The van der Waals surface area contributed by atoms with E-state index in [-0.39, 0.29) is 17.9 Å². The lowest BCUT2D eigenvalue weighted by molar-refractivity contribution is -0.112. The van der Waals surface area contributed by atoms with Crippen LogP contribution in [0, 0.1) is 29.0 Å². The van der Waals surface area contributed by atoms with Crippen molar-refractivity contribution in [3.63, 3.8) is 0 Å². The Morgan fingerprint density at radius 1 is 1.36 bits per heavy atom. The van der Waals surface area contributed by atoms with Crippen LogP contribution < -0.4 is 5.73 Å². The molecule has 2 fully saturated rings. The largest absolute Gasteiger partial charge is 0.377 e. The molecule has 8 heteroatoms. The lowest BCUT2D eigenvalue weighted by atomic mass is 10.1. The Morgan fingerprint density at radius 2 is 2.03 bits per heavy atom. The summed E-state index contributed by atoms with van der Waals surface area (Å²) in [6.45, 7) is 10.6. The number of benzene rings is 1. The molecule has 3 N–H and O–H groups in total. The molecule has 1 saturated carbocycles. The summed E-state index contributed by atoms with van der Waals surface area (Å²) >= 11 is 0. The van der Waals surface area contributed by atoms with Gasteiger partial charge in [0.2, 0.25) is 0 Å². The van der Waals surface area contributed by atoms with Gasteiger partial charge in [-0.15, -0.1) is 0 Å². The number of β-amino-alcohol motifs (C(OH)–C–C–N with tert-alkyl or cyclic N) is 1. The van der Waals surface area contributed by atoms with Crippen LogP contribution in [-0.2, 0) is 11.3 Å². The summed E-state index contributed by atoms with van der Waals surface area (Å²) in [5.41, 5.74) is 6.51. The summed E-state index contributed by atoms with van der Waals surface area (Å²) in [6, 6.07) is 9.02. The van der Waals surface area contributed by atoms with E-state index >= 15 is 0 Å². The number of carbonyl (C=O) groups is 1. The standard InChI is InChI=1S/C16H24FN3O2.C9H16N2/c1-2-15-9-19(8-14(18)11-21)10-16(22)20(15)7-12-4-3-5-13(17)6-12;1-6(5-10)11(4)9-7(2)8(9)3/h3-6,11,14-16,22H,2,7-10,18H2,1H3;6-9H,1-4H3/t;6?,7-,8?,9?/m.0/s1. The van der Waals surface area contributed by atoms with Crippen molar-refractivity contribution in [2.75, 3.05) is 26.7 Å². The zero-order valence-electron chi connectivity index (χ0n) is 20.6. The number of nitrogens with two attached hydrogens (primary N) is 1. The number of halogens is 1. The minimum absolute atomic E-state index is 0.0624. The number of nitriles is 1. The molecule has 6 unspecified atom stereocenters. The van der Waals surface area contributed by atoms with Crippen molar-refractivity contribution >= 4 is 6.29 Å². The van der Waals surface area contributed by atoms with E-state index in [0.717, 1.165) is 36.7 Å². The van der Waals surface area contributed by atoms with Crippen LogP contribution in [0.1, 0.15) is 39.7 Å². The van der Waals surface area contributed by atoms with Crippen molar-refractivity contribution in [1.29, 1.82) is 5.26 Å². The minimum atomic E-state index is -0.652. The second-order valence-corrected chi connectivity index (χ2v) is 9.54. The minimum Gasteiger partial charge on any atom is -0.377 e. The van der Waals surface area contributed by atoms with Gasteiger partial charge in [-0.3, -0.25) is 14.7 Å². The Bertz CT molecular complexity index is 795. The summed E-state index contributed by atoms with van der Waals surface area (Å²) in [6.07, 6.45) is 0.937. The number of hydrogen-bond donors (Lipinski definition) is 2. The molecule has 184 valence electrons. The highest BCUT2D eigenvalue weighted by Crippen LogP contribution is 2.42. The molecule has 0 spiro atoms. The van der Waals surface area contributed by atoms with Crippen LogP contribution in [0.5, 0.6) is 0 Å². The number of aliphatic hydroxyl groups is 1. The molecule has 1 aromatic rings. The third-order valence-corrected chi connectivity index (χ3v) is 7.15. The van der Waals surface area contributed by atoms with Crippen molar-refractivity contribution in [3.8, 4) is 6.07 Å². The average Bonchev–Trinajstić information content (AvgIpc) is 3.39. The predicted molar refractivity (Wildman–Crippen MR) is 127 cm³/mol. The lowest BCUT2D eigenvalue weighted by Gasteiger charge is -2.44. The summed E-state index contributed by atoms with van der Waals surface area (Å²) in [4.78, 5) is 16.9. The van der Waals surface area contributed by atoms with Gasteiger partial charge >= 0.3 is 0 Å². The maximum absolute atomic E-state index is 13.3. The average molecular weight is 462 g/mol. The maximum Gasteiger partial charge on any atom is 0.137 e. The number of piperazine rings is 1. The molecule has 33 heavy (non-hydrogen) atoms. The SMILES string of the molecule is CC1C(N(C)C(C)C#N)[C@H]1C.CCC1CN(CC(N)C=O)CC(O)N1Cc1cccc(F)c1. The van der Waals surface area contributed by atoms with E-state index in [2.05, 4.69) is 31.7 Å². The lowest BCUT2D eigenvalue weighted by Crippen LogP contribution is -2.59. The third kappa shape index (κ3) is 7.56. The van der Waals surface area contributed by atoms with Crippen LogP contribution in [0.15, 0.2) is 24.3 Å². The first-order valence-electron chi connectivity index (χ1n) is 11.9. The van der Waals surface area contributed by atoms with Gasteiger partial charge in [-0.05, 0) is 49.9 Å². The summed E-state index contributed by atoms with van der Waals surface area (Å²) < 4.78 is 13.3. The van der Waals surface area contributed by atoms with Crippen molar-refractivity contribution in [2.45, 2.75) is 71.1 Å². The number of nitrogens with zero attached hydrogens (tertiary/aromatic N) is 4. The molecule has 0 bridgehead atoms. The fourth-order valence-corrected chi connectivity index (χ4v) is 4.72. The molecule has 1 aliphatic heterocycles. The highest BCUT2D eigenvalue weighted by Gasteiger charge is 2.46. The second kappa shape index (κ2) is 12.5. The molecule has 7 atom stereocenters. The third-order valence-electron chi connectivity index (χ3n) is 7.15. The highest BCUT2D eigenvalue weighted by atomic mass is 19.1. The first-order valence-corrected chi connectivity index (χ1v) is 11.9. The van der Waals surface area contributed by atoms with Gasteiger partial charge in [0, 0.05) is 38.3 Å². The first kappa shape index (κ1) is 27.4. The van der Waals surface area contributed by atoms with E-state index in [1.54, 1.807) is 6.07 Å². The topological polar surface area (TPSA) is 96.8 Å². The van der Waals surface area contributed by atoms with E-state index in [0.29, 0.717) is 25.7 Å². The fourth-order valence-electron chi connectivity index (χ4n) is 4.72. The molecule has 2 aliphatic rings. The molecular formula is C25H40FN5O2. The van der Waals surface area contributed by atoms with Crippen LogP contribution in [0.4, 0.5) is 4.39 Å². The number of carbonyl (C=O) groups excluding carboxylic acids is 1. The van der Waals surface area contributed by atoms with Crippen molar-refractivity contribution in [2.24, 2.45) is 17.6 Å². The van der Waals surface area contributed by atoms with Crippen LogP contribution in [-0.4, -0.2) is 83.2 Å². The Labute approximate surface area is 197 Å². The van der Waals surface area contributed by atoms with Gasteiger partial charge in [-0.1, -0.05) is 32.9 Å². The van der Waals surface area contributed by atoms with Crippen LogP contribution in [0.3, 0.4) is 0 Å². The normalized spacial score (nSPS) is 29.5. The number of aliphatic hydroxyl groups excluding tert-OH is 1. The number of aldehydes is 1. The van der Waals surface area contributed by atoms with Gasteiger partial charge < -0.3 is 15.6 Å². The van der Waals surface area contributed by atoms with Crippen LogP contribution in [0.2, 0.25) is 0 Å². The van der Waals surface area contributed by atoms with Crippen molar-refractivity contribution in [1.82, 2.24) is 14.7 Å².